The molecule has 0 saturated carbocycles. The van der Waals surface area contributed by atoms with Crippen LogP contribution in [0.5, 0.6) is 0 Å². The fourth-order valence-electron chi connectivity index (χ4n) is 2.21. The Hall–Kier alpha value is -0.650. The van der Waals surface area contributed by atoms with Crippen LogP contribution in [0.1, 0.15) is 12.8 Å². The van der Waals surface area contributed by atoms with Crippen LogP contribution in [-0.4, -0.2) is 60.9 Å². The first-order chi connectivity index (χ1) is 7.20. The number of rotatable bonds is 2. The van der Waals surface area contributed by atoms with Gasteiger partial charge in [-0.05, 0) is 12.8 Å². The van der Waals surface area contributed by atoms with Crippen molar-refractivity contribution in [3.05, 3.63) is 0 Å². The van der Waals surface area contributed by atoms with Gasteiger partial charge in [0.05, 0.1) is 12.1 Å². The Kier molecular flexibility index (Phi) is 3.23. The molecule has 0 radical (unpaired) electrons. The van der Waals surface area contributed by atoms with Crippen LogP contribution in [-0.2, 0) is 9.53 Å². The monoisotopic (exact) mass is 214 g/mol. The van der Waals surface area contributed by atoms with Crippen molar-refractivity contribution in [1.82, 2.24) is 10.2 Å². The van der Waals surface area contributed by atoms with Crippen molar-refractivity contribution in [2.75, 3.05) is 26.7 Å². The molecule has 0 aromatic heterocycles. The normalized spacial score (nSPS) is 35.7. The van der Waals surface area contributed by atoms with Gasteiger partial charge >= 0.3 is 0 Å². The maximum Gasteiger partial charge on any atom is 0.251 e. The van der Waals surface area contributed by atoms with E-state index in [1.165, 1.54) is 0 Å². The molecule has 5 nitrogen and oxygen atoms in total. The Morgan fingerprint density at radius 2 is 2.33 bits per heavy atom. The largest absolute Gasteiger partial charge is 0.390 e. The van der Waals surface area contributed by atoms with Crippen molar-refractivity contribution >= 4 is 5.91 Å². The molecule has 2 saturated heterocycles. The highest BCUT2D eigenvalue weighted by Crippen LogP contribution is 2.17. The Morgan fingerprint density at radius 1 is 1.53 bits per heavy atom. The first kappa shape index (κ1) is 10.9. The molecule has 1 amide bonds. The maximum absolute atomic E-state index is 11.9. The van der Waals surface area contributed by atoms with Crippen molar-refractivity contribution < 1.29 is 14.6 Å². The SMILES string of the molecule is CN(C(=O)[C@H]1CCCO1)[C@@H]1CNC[C@H]1O. The van der Waals surface area contributed by atoms with Crippen molar-refractivity contribution in [2.24, 2.45) is 0 Å². The summed E-state index contributed by atoms with van der Waals surface area (Å²) in [5.41, 5.74) is 0. The quantitative estimate of drug-likeness (QED) is 0.616. The minimum Gasteiger partial charge on any atom is -0.390 e. The highest BCUT2D eigenvalue weighted by molar-refractivity contribution is 5.81. The molecule has 2 aliphatic rings. The number of ether oxygens (including phenoxy) is 1. The van der Waals surface area contributed by atoms with Crippen LogP contribution >= 0.6 is 0 Å². The predicted molar refractivity (Wildman–Crippen MR) is 54.4 cm³/mol. The number of amides is 1. The van der Waals surface area contributed by atoms with Gasteiger partial charge in [0.2, 0.25) is 0 Å². The van der Waals surface area contributed by atoms with Crippen molar-refractivity contribution in [2.45, 2.75) is 31.1 Å². The smallest absolute Gasteiger partial charge is 0.251 e. The average molecular weight is 214 g/mol. The summed E-state index contributed by atoms with van der Waals surface area (Å²) in [6.07, 6.45) is 1.01. The van der Waals surface area contributed by atoms with E-state index in [1.807, 2.05) is 0 Å². The lowest BCUT2D eigenvalue weighted by molar-refractivity contribution is -0.143. The molecular weight excluding hydrogens is 196 g/mol. The standard InChI is InChI=1S/C10H18N2O3/c1-12(7-5-11-6-8(7)13)10(14)9-3-2-4-15-9/h7-9,11,13H,2-6H2,1H3/t7-,8-,9-/m1/s1. The number of nitrogens with zero attached hydrogens (tertiary/aromatic N) is 1. The molecule has 2 fully saturated rings. The summed E-state index contributed by atoms with van der Waals surface area (Å²) >= 11 is 0. The molecule has 0 aromatic rings. The van der Waals surface area contributed by atoms with Crippen LogP contribution in [0.25, 0.3) is 0 Å². The lowest BCUT2D eigenvalue weighted by atomic mass is 10.1. The van der Waals surface area contributed by atoms with Gasteiger partial charge in [-0.1, -0.05) is 0 Å². The van der Waals surface area contributed by atoms with Crippen molar-refractivity contribution in [1.29, 1.82) is 0 Å². The summed E-state index contributed by atoms with van der Waals surface area (Å²) in [7, 11) is 1.74. The van der Waals surface area contributed by atoms with Gasteiger partial charge in [-0.25, -0.2) is 0 Å². The van der Waals surface area contributed by atoms with E-state index in [2.05, 4.69) is 5.32 Å². The van der Waals surface area contributed by atoms with Crippen LogP contribution < -0.4 is 5.32 Å². The number of carbonyl (C=O) groups is 1. The van der Waals surface area contributed by atoms with Crippen LogP contribution in [0.2, 0.25) is 0 Å². The molecule has 2 heterocycles. The van der Waals surface area contributed by atoms with E-state index in [1.54, 1.807) is 11.9 Å². The second-order valence-corrected chi connectivity index (χ2v) is 4.24. The number of hydrogen-bond donors (Lipinski definition) is 2. The molecule has 15 heavy (non-hydrogen) atoms. The molecule has 2 aliphatic heterocycles. The van der Waals surface area contributed by atoms with E-state index in [4.69, 9.17) is 4.74 Å². The number of nitrogens with one attached hydrogen (secondary N) is 1. The van der Waals surface area contributed by atoms with Gasteiger partial charge in [0, 0.05) is 26.7 Å². The number of aliphatic hydroxyl groups is 1. The third kappa shape index (κ3) is 2.14. The minimum atomic E-state index is -0.458. The van der Waals surface area contributed by atoms with E-state index in [0.717, 1.165) is 12.8 Å². The summed E-state index contributed by atoms with van der Waals surface area (Å²) in [6, 6.07) is -0.110. The molecule has 0 aliphatic carbocycles. The van der Waals surface area contributed by atoms with Gasteiger partial charge in [-0.3, -0.25) is 4.79 Å². The number of hydrogen-bond acceptors (Lipinski definition) is 4. The van der Waals surface area contributed by atoms with Gasteiger partial charge in [-0.15, -0.1) is 0 Å². The lowest BCUT2D eigenvalue weighted by Crippen LogP contribution is -2.48. The molecule has 0 unspecified atom stereocenters. The third-order valence-electron chi connectivity index (χ3n) is 3.20. The predicted octanol–water partition coefficient (Wildman–Crippen LogP) is -1.04. The molecule has 0 aromatic carbocycles. The number of aliphatic hydroxyl groups excluding tert-OH is 1. The summed E-state index contributed by atoms with van der Waals surface area (Å²) in [4.78, 5) is 13.6. The second-order valence-electron chi connectivity index (χ2n) is 4.24. The molecule has 2 N–H and O–H groups in total. The van der Waals surface area contributed by atoms with Crippen LogP contribution in [0.3, 0.4) is 0 Å². The van der Waals surface area contributed by atoms with Gasteiger partial charge < -0.3 is 20.1 Å². The Labute approximate surface area is 89.4 Å². The first-order valence-corrected chi connectivity index (χ1v) is 5.47. The van der Waals surface area contributed by atoms with Gasteiger partial charge in [0.1, 0.15) is 6.10 Å². The molecular formula is C10H18N2O3. The summed E-state index contributed by atoms with van der Waals surface area (Å²) in [5, 5.41) is 12.7. The summed E-state index contributed by atoms with van der Waals surface area (Å²) in [6.45, 7) is 1.90. The zero-order valence-corrected chi connectivity index (χ0v) is 8.98. The van der Waals surface area contributed by atoms with Crippen molar-refractivity contribution in [3.63, 3.8) is 0 Å². The maximum atomic E-state index is 11.9. The van der Waals surface area contributed by atoms with Crippen LogP contribution in [0.4, 0.5) is 0 Å². The molecule has 2 rings (SSSR count). The number of β-amino-alcohol motifs (C(OH)–C–C–N with tert-alkyl or cyclic N) is 1. The Morgan fingerprint density at radius 3 is 2.87 bits per heavy atom. The van der Waals surface area contributed by atoms with E-state index < -0.39 is 6.10 Å². The zero-order valence-electron chi connectivity index (χ0n) is 8.98. The summed E-state index contributed by atoms with van der Waals surface area (Å²) < 4.78 is 5.34. The first-order valence-electron chi connectivity index (χ1n) is 5.47. The molecule has 0 bridgehead atoms. The van der Waals surface area contributed by atoms with E-state index in [0.29, 0.717) is 19.7 Å². The van der Waals surface area contributed by atoms with E-state index in [9.17, 15) is 9.90 Å². The van der Waals surface area contributed by atoms with E-state index in [-0.39, 0.29) is 18.1 Å². The van der Waals surface area contributed by atoms with Crippen molar-refractivity contribution in [3.8, 4) is 0 Å². The molecule has 0 spiro atoms. The van der Waals surface area contributed by atoms with Gasteiger partial charge in [-0.2, -0.15) is 0 Å². The lowest BCUT2D eigenvalue weighted by Gasteiger charge is -2.28. The third-order valence-corrected chi connectivity index (χ3v) is 3.20. The highest BCUT2D eigenvalue weighted by atomic mass is 16.5. The fraction of sp³-hybridized carbons (Fsp3) is 0.900. The van der Waals surface area contributed by atoms with Crippen LogP contribution in [0, 0.1) is 0 Å². The topological polar surface area (TPSA) is 61.8 Å². The van der Waals surface area contributed by atoms with Gasteiger partial charge in [0.15, 0.2) is 0 Å². The van der Waals surface area contributed by atoms with E-state index >= 15 is 0 Å². The highest BCUT2D eigenvalue weighted by Gasteiger charge is 2.35. The van der Waals surface area contributed by atoms with Gasteiger partial charge in [0.25, 0.3) is 5.91 Å². The minimum absolute atomic E-state index is 0.000231. The zero-order chi connectivity index (χ0) is 10.8. The molecule has 3 atom stereocenters. The summed E-state index contributed by atoms with van der Waals surface area (Å²) in [5.74, 6) is 0.000231. The number of carbonyl (C=O) groups excluding carboxylic acids is 1. The average Bonchev–Trinajstić information content (AvgIpc) is 2.85. The molecule has 86 valence electrons. The Bertz CT molecular complexity index is 241. The molecule has 5 heteroatoms. The number of likely N-dealkylation sites (N-methyl/N-ethyl adjacent to an activating group) is 1. The second kappa shape index (κ2) is 4.47. The Balaban J connectivity index is 1.94. The fourth-order valence-corrected chi connectivity index (χ4v) is 2.21. The van der Waals surface area contributed by atoms with Crippen LogP contribution in [0.15, 0.2) is 0 Å².